The molecule has 26 heavy (non-hydrogen) atoms. The summed E-state index contributed by atoms with van der Waals surface area (Å²) in [7, 11) is 1.65. The first-order chi connectivity index (χ1) is 12.5. The van der Waals surface area contributed by atoms with Crippen molar-refractivity contribution in [2.45, 2.75) is 45.8 Å². The second kappa shape index (κ2) is 9.48. The number of amides is 1. The molecule has 1 amide bonds. The smallest absolute Gasteiger partial charge is 0.261 e. The first-order valence-corrected chi connectivity index (χ1v) is 9.23. The van der Waals surface area contributed by atoms with Gasteiger partial charge in [0, 0.05) is 5.02 Å². The first kappa shape index (κ1) is 20.1. The van der Waals surface area contributed by atoms with Crippen LogP contribution in [0.25, 0.3) is 0 Å². The molecular formula is C21H26ClNO3. The van der Waals surface area contributed by atoms with E-state index in [0.29, 0.717) is 17.2 Å². The molecule has 2 atom stereocenters. The summed E-state index contributed by atoms with van der Waals surface area (Å²) in [4.78, 5) is 12.7. The lowest BCUT2D eigenvalue weighted by Gasteiger charge is -2.23. The number of halogens is 1. The van der Waals surface area contributed by atoms with Crippen molar-refractivity contribution in [3.63, 3.8) is 0 Å². The molecule has 0 bridgehead atoms. The summed E-state index contributed by atoms with van der Waals surface area (Å²) in [5.74, 6) is 1.35. The number of methoxy groups -OCH3 is 1. The molecule has 2 aromatic rings. The SMILES string of the molecule is CC[C@@H](Oc1ccc(Cl)cc1)C(=O)N[C@H](CC)c1ccc(OC)c(C)c1. The molecule has 0 radical (unpaired) electrons. The highest BCUT2D eigenvalue weighted by atomic mass is 35.5. The fourth-order valence-corrected chi connectivity index (χ4v) is 2.93. The molecule has 0 fully saturated rings. The quantitative estimate of drug-likeness (QED) is 0.699. The van der Waals surface area contributed by atoms with Crippen molar-refractivity contribution in [3.8, 4) is 11.5 Å². The minimum Gasteiger partial charge on any atom is -0.496 e. The van der Waals surface area contributed by atoms with Gasteiger partial charge >= 0.3 is 0 Å². The first-order valence-electron chi connectivity index (χ1n) is 8.85. The van der Waals surface area contributed by atoms with Crippen molar-refractivity contribution in [3.05, 3.63) is 58.6 Å². The zero-order valence-electron chi connectivity index (χ0n) is 15.7. The van der Waals surface area contributed by atoms with Gasteiger partial charge in [-0.1, -0.05) is 37.6 Å². The van der Waals surface area contributed by atoms with Gasteiger partial charge in [0.15, 0.2) is 6.10 Å². The van der Waals surface area contributed by atoms with E-state index in [9.17, 15) is 4.79 Å². The molecule has 4 nitrogen and oxygen atoms in total. The minimum absolute atomic E-state index is 0.0741. The summed E-state index contributed by atoms with van der Waals surface area (Å²) in [5.41, 5.74) is 2.10. The molecule has 0 heterocycles. The number of hydrogen-bond acceptors (Lipinski definition) is 3. The van der Waals surface area contributed by atoms with Gasteiger partial charge in [0.1, 0.15) is 11.5 Å². The van der Waals surface area contributed by atoms with Crippen LogP contribution in [0.3, 0.4) is 0 Å². The maximum absolute atomic E-state index is 12.7. The Balaban J connectivity index is 2.08. The van der Waals surface area contributed by atoms with Gasteiger partial charge in [-0.05, 0) is 61.2 Å². The minimum atomic E-state index is -0.551. The van der Waals surface area contributed by atoms with Crippen LogP contribution in [-0.2, 0) is 4.79 Å². The molecule has 0 saturated carbocycles. The number of rotatable bonds is 8. The van der Waals surface area contributed by atoms with Crippen molar-refractivity contribution in [1.29, 1.82) is 0 Å². The summed E-state index contributed by atoms with van der Waals surface area (Å²) in [6.07, 6.45) is 0.811. The largest absolute Gasteiger partial charge is 0.496 e. The van der Waals surface area contributed by atoms with Crippen molar-refractivity contribution in [2.24, 2.45) is 0 Å². The molecule has 2 rings (SSSR count). The highest BCUT2D eigenvalue weighted by molar-refractivity contribution is 6.30. The van der Waals surface area contributed by atoms with E-state index in [1.165, 1.54) is 0 Å². The van der Waals surface area contributed by atoms with Crippen LogP contribution in [0.5, 0.6) is 11.5 Å². The molecule has 5 heteroatoms. The van der Waals surface area contributed by atoms with Crippen LogP contribution in [-0.4, -0.2) is 19.1 Å². The Kier molecular flexibility index (Phi) is 7.34. The summed E-state index contributed by atoms with van der Waals surface area (Å²) >= 11 is 5.89. The maximum Gasteiger partial charge on any atom is 0.261 e. The average Bonchev–Trinajstić information content (AvgIpc) is 2.65. The zero-order valence-corrected chi connectivity index (χ0v) is 16.5. The number of hydrogen-bond donors (Lipinski definition) is 1. The highest BCUT2D eigenvalue weighted by Crippen LogP contribution is 2.25. The number of aryl methyl sites for hydroxylation is 1. The van der Waals surface area contributed by atoms with E-state index >= 15 is 0 Å². The predicted octanol–water partition coefficient (Wildman–Crippen LogP) is 5.08. The Hall–Kier alpha value is -2.20. The molecular weight excluding hydrogens is 350 g/mol. The molecule has 1 N–H and O–H groups in total. The Morgan fingerprint density at radius 2 is 1.81 bits per heavy atom. The second-order valence-electron chi connectivity index (χ2n) is 6.17. The third kappa shape index (κ3) is 5.15. The van der Waals surface area contributed by atoms with E-state index in [4.69, 9.17) is 21.1 Å². The lowest BCUT2D eigenvalue weighted by atomic mass is 10.0. The predicted molar refractivity (Wildman–Crippen MR) is 105 cm³/mol. The molecule has 0 aromatic heterocycles. The third-order valence-electron chi connectivity index (χ3n) is 4.30. The van der Waals surface area contributed by atoms with E-state index in [0.717, 1.165) is 23.3 Å². The summed E-state index contributed by atoms with van der Waals surface area (Å²) in [5, 5.41) is 3.73. The molecule has 140 valence electrons. The Bertz CT molecular complexity index is 731. The van der Waals surface area contributed by atoms with E-state index in [1.807, 2.05) is 39.0 Å². The fourth-order valence-electron chi connectivity index (χ4n) is 2.80. The zero-order chi connectivity index (χ0) is 19.1. The summed E-state index contributed by atoms with van der Waals surface area (Å²) in [6.45, 7) is 5.97. The second-order valence-corrected chi connectivity index (χ2v) is 6.60. The van der Waals surface area contributed by atoms with Crippen LogP contribution in [0.4, 0.5) is 0 Å². The van der Waals surface area contributed by atoms with Gasteiger partial charge in [0.05, 0.1) is 13.2 Å². The van der Waals surface area contributed by atoms with Gasteiger partial charge in [-0.2, -0.15) is 0 Å². The molecule has 0 aliphatic heterocycles. The number of ether oxygens (including phenoxy) is 2. The maximum atomic E-state index is 12.7. The van der Waals surface area contributed by atoms with E-state index in [1.54, 1.807) is 31.4 Å². The standard InChI is InChI=1S/C21H26ClNO3/c1-5-18(15-7-12-20(25-4)14(3)13-15)23-21(24)19(6-2)26-17-10-8-16(22)9-11-17/h7-13,18-19H,5-6H2,1-4H3,(H,23,24)/t18-,19-/m1/s1. The van der Waals surface area contributed by atoms with Gasteiger partial charge in [-0.15, -0.1) is 0 Å². The highest BCUT2D eigenvalue weighted by Gasteiger charge is 2.22. The fraction of sp³-hybridized carbons (Fsp3) is 0.381. The van der Waals surface area contributed by atoms with Crippen LogP contribution in [0.15, 0.2) is 42.5 Å². The van der Waals surface area contributed by atoms with Crippen molar-refractivity contribution < 1.29 is 14.3 Å². The molecule has 0 saturated heterocycles. The van der Waals surface area contributed by atoms with Gasteiger partial charge in [-0.25, -0.2) is 0 Å². The normalized spacial score (nSPS) is 13.0. The Labute approximate surface area is 160 Å². The van der Waals surface area contributed by atoms with Crippen LogP contribution in [0, 0.1) is 6.92 Å². The molecule has 0 unspecified atom stereocenters. The van der Waals surface area contributed by atoms with E-state index in [-0.39, 0.29) is 11.9 Å². The third-order valence-corrected chi connectivity index (χ3v) is 4.55. The molecule has 0 spiro atoms. The van der Waals surface area contributed by atoms with Gasteiger partial charge in [0.25, 0.3) is 5.91 Å². The Morgan fingerprint density at radius 1 is 1.12 bits per heavy atom. The van der Waals surface area contributed by atoms with Crippen LogP contribution < -0.4 is 14.8 Å². The van der Waals surface area contributed by atoms with Crippen molar-refractivity contribution in [2.75, 3.05) is 7.11 Å². The molecule has 2 aromatic carbocycles. The van der Waals surface area contributed by atoms with Crippen molar-refractivity contribution in [1.82, 2.24) is 5.32 Å². The van der Waals surface area contributed by atoms with Gasteiger partial charge in [-0.3, -0.25) is 4.79 Å². The average molecular weight is 376 g/mol. The number of nitrogens with one attached hydrogen (secondary N) is 1. The van der Waals surface area contributed by atoms with Crippen LogP contribution in [0.2, 0.25) is 5.02 Å². The van der Waals surface area contributed by atoms with E-state index in [2.05, 4.69) is 5.32 Å². The summed E-state index contributed by atoms with van der Waals surface area (Å²) in [6, 6.07) is 12.9. The van der Waals surface area contributed by atoms with Gasteiger partial charge < -0.3 is 14.8 Å². The van der Waals surface area contributed by atoms with Gasteiger partial charge in [0.2, 0.25) is 0 Å². The number of benzene rings is 2. The number of carbonyl (C=O) groups is 1. The lowest BCUT2D eigenvalue weighted by Crippen LogP contribution is -2.39. The lowest BCUT2D eigenvalue weighted by molar-refractivity contribution is -0.128. The van der Waals surface area contributed by atoms with Crippen molar-refractivity contribution >= 4 is 17.5 Å². The Morgan fingerprint density at radius 3 is 2.35 bits per heavy atom. The molecule has 0 aliphatic carbocycles. The molecule has 0 aliphatic rings. The summed E-state index contributed by atoms with van der Waals surface area (Å²) < 4.78 is 11.1. The van der Waals surface area contributed by atoms with E-state index < -0.39 is 6.10 Å². The topological polar surface area (TPSA) is 47.6 Å². The van der Waals surface area contributed by atoms with Crippen LogP contribution in [0.1, 0.15) is 43.9 Å². The van der Waals surface area contributed by atoms with Crippen LogP contribution >= 0.6 is 11.6 Å². The number of carbonyl (C=O) groups excluding carboxylic acids is 1. The monoisotopic (exact) mass is 375 g/mol.